The topological polar surface area (TPSA) is 75.8 Å². The molecule has 0 saturated carbocycles. The van der Waals surface area contributed by atoms with Crippen molar-refractivity contribution in [3.8, 4) is 5.75 Å². The summed E-state index contributed by atoms with van der Waals surface area (Å²) in [6, 6.07) is 4.80. The Labute approximate surface area is 113 Å². The molecular weight excluding hydrogens is 244 g/mol. The summed E-state index contributed by atoms with van der Waals surface area (Å²) in [5.41, 5.74) is 8.05. The molecule has 1 aliphatic rings. The number of amides is 1. The van der Waals surface area contributed by atoms with Gasteiger partial charge in [0.1, 0.15) is 5.75 Å². The Morgan fingerprint density at radius 2 is 2.32 bits per heavy atom. The van der Waals surface area contributed by atoms with Gasteiger partial charge in [-0.05, 0) is 36.1 Å². The van der Waals surface area contributed by atoms with Crippen LogP contribution in [0.1, 0.15) is 17.5 Å². The largest absolute Gasteiger partial charge is 0.508 e. The number of benzene rings is 1. The SMILES string of the molecule is COCCC(N)C(=O)N1CCc2ccc(O)cc2C1. The lowest BCUT2D eigenvalue weighted by Crippen LogP contribution is -2.46. The highest BCUT2D eigenvalue weighted by atomic mass is 16.5. The van der Waals surface area contributed by atoms with Crippen LogP contribution in [0.3, 0.4) is 0 Å². The molecule has 2 rings (SSSR count). The van der Waals surface area contributed by atoms with Crippen LogP contribution in [0.5, 0.6) is 5.75 Å². The lowest BCUT2D eigenvalue weighted by molar-refractivity contribution is -0.133. The summed E-state index contributed by atoms with van der Waals surface area (Å²) in [5.74, 6) is 0.183. The van der Waals surface area contributed by atoms with Gasteiger partial charge in [-0.25, -0.2) is 0 Å². The van der Waals surface area contributed by atoms with Crippen LogP contribution in [0, 0.1) is 0 Å². The molecule has 1 aliphatic heterocycles. The fourth-order valence-corrected chi connectivity index (χ4v) is 2.33. The van der Waals surface area contributed by atoms with Crippen LogP contribution in [0.2, 0.25) is 0 Å². The van der Waals surface area contributed by atoms with Gasteiger partial charge in [0.2, 0.25) is 5.91 Å². The molecule has 0 saturated heterocycles. The Hall–Kier alpha value is -1.59. The first-order chi connectivity index (χ1) is 9.11. The number of nitrogens with two attached hydrogens (primary N) is 1. The van der Waals surface area contributed by atoms with Gasteiger partial charge in [-0.3, -0.25) is 4.79 Å². The van der Waals surface area contributed by atoms with Gasteiger partial charge < -0.3 is 20.5 Å². The fourth-order valence-electron chi connectivity index (χ4n) is 2.33. The zero-order valence-electron chi connectivity index (χ0n) is 11.1. The molecule has 5 heteroatoms. The van der Waals surface area contributed by atoms with E-state index in [4.69, 9.17) is 10.5 Å². The summed E-state index contributed by atoms with van der Waals surface area (Å²) in [6.07, 6.45) is 1.33. The Bertz CT molecular complexity index is 462. The molecule has 3 N–H and O–H groups in total. The van der Waals surface area contributed by atoms with Crippen LogP contribution in [-0.4, -0.2) is 42.2 Å². The number of hydrogen-bond donors (Lipinski definition) is 2. The molecule has 0 spiro atoms. The van der Waals surface area contributed by atoms with E-state index in [0.717, 1.165) is 12.0 Å². The van der Waals surface area contributed by atoms with Gasteiger partial charge in [-0.15, -0.1) is 0 Å². The molecular formula is C14H20N2O3. The highest BCUT2D eigenvalue weighted by Gasteiger charge is 2.24. The summed E-state index contributed by atoms with van der Waals surface area (Å²) in [6.45, 7) is 1.68. The van der Waals surface area contributed by atoms with E-state index < -0.39 is 6.04 Å². The van der Waals surface area contributed by atoms with E-state index in [0.29, 0.717) is 26.1 Å². The van der Waals surface area contributed by atoms with Crippen molar-refractivity contribution in [2.24, 2.45) is 5.73 Å². The second kappa shape index (κ2) is 6.04. The van der Waals surface area contributed by atoms with E-state index in [9.17, 15) is 9.90 Å². The van der Waals surface area contributed by atoms with Crippen LogP contribution in [0.25, 0.3) is 0 Å². The van der Waals surface area contributed by atoms with E-state index in [1.807, 2.05) is 6.07 Å². The van der Waals surface area contributed by atoms with Crippen LogP contribution in [0.4, 0.5) is 0 Å². The van der Waals surface area contributed by atoms with Gasteiger partial charge in [0.25, 0.3) is 0 Å². The first-order valence-corrected chi connectivity index (χ1v) is 6.46. The zero-order valence-corrected chi connectivity index (χ0v) is 11.1. The summed E-state index contributed by atoms with van der Waals surface area (Å²) in [4.78, 5) is 13.9. The Morgan fingerprint density at radius 3 is 3.05 bits per heavy atom. The van der Waals surface area contributed by atoms with E-state index in [1.165, 1.54) is 5.56 Å². The standard InChI is InChI=1S/C14H20N2O3/c1-19-7-5-13(15)14(18)16-6-4-10-2-3-12(17)8-11(10)9-16/h2-3,8,13,17H,4-7,9,15H2,1H3. The van der Waals surface area contributed by atoms with Crippen LogP contribution >= 0.6 is 0 Å². The highest BCUT2D eigenvalue weighted by molar-refractivity contribution is 5.81. The monoisotopic (exact) mass is 264 g/mol. The lowest BCUT2D eigenvalue weighted by atomic mass is 9.98. The molecule has 0 aliphatic carbocycles. The highest BCUT2D eigenvalue weighted by Crippen LogP contribution is 2.23. The summed E-state index contributed by atoms with van der Waals surface area (Å²) >= 11 is 0. The number of ether oxygens (including phenoxy) is 1. The molecule has 1 atom stereocenters. The van der Waals surface area contributed by atoms with Gasteiger partial charge in [0.15, 0.2) is 0 Å². The van der Waals surface area contributed by atoms with Crippen molar-refractivity contribution in [3.63, 3.8) is 0 Å². The van der Waals surface area contributed by atoms with E-state index in [2.05, 4.69) is 0 Å². The Balaban J connectivity index is 2.02. The first kappa shape index (κ1) is 13.8. The number of carbonyl (C=O) groups excluding carboxylic acids is 1. The molecule has 1 aromatic carbocycles. The van der Waals surface area contributed by atoms with Crippen molar-refractivity contribution in [2.75, 3.05) is 20.3 Å². The third-order valence-corrected chi connectivity index (χ3v) is 3.46. The number of aromatic hydroxyl groups is 1. The van der Waals surface area contributed by atoms with Crippen molar-refractivity contribution < 1.29 is 14.6 Å². The van der Waals surface area contributed by atoms with Crippen molar-refractivity contribution in [1.82, 2.24) is 4.90 Å². The number of nitrogens with zero attached hydrogens (tertiary/aromatic N) is 1. The molecule has 5 nitrogen and oxygen atoms in total. The van der Waals surface area contributed by atoms with Crippen LogP contribution in [0.15, 0.2) is 18.2 Å². The van der Waals surface area contributed by atoms with Crippen molar-refractivity contribution in [3.05, 3.63) is 29.3 Å². The van der Waals surface area contributed by atoms with Crippen molar-refractivity contribution >= 4 is 5.91 Å². The molecule has 19 heavy (non-hydrogen) atoms. The predicted molar refractivity (Wildman–Crippen MR) is 71.7 cm³/mol. The minimum Gasteiger partial charge on any atom is -0.508 e. The van der Waals surface area contributed by atoms with Crippen molar-refractivity contribution in [1.29, 1.82) is 0 Å². The van der Waals surface area contributed by atoms with Crippen LogP contribution in [-0.2, 0) is 22.5 Å². The average Bonchev–Trinajstić information content (AvgIpc) is 2.43. The number of rotatable bonds is 4. The van der Waals surface area contributed by atoms with Gasteiger partial charge in [-0.2, -0.15) is 0 Å². The number of phenols is 1. The second-order valence-corrected chi connectivity index (χ2v) is 4.85. The summed E-state index contributed by atoms with van der Waals surface area (Å²) < 4.78 is 4.94. The Kier molecular flexibility index (Phi) is 4.39. The minimum atomic E-state index is -0.515. The normalized spacial score (nSPS) is 16.0. The number of methoxy groups -OCH3 is 1. The predicted octanol–water partition coefficient (Wildman–Crippen LogP) is 0.641. The zero-order chi connectivity index (χ0) is 13.8. The summed E-state index contributed by atoms with van der Waals surface area (Å²) in [7, 11) is 1.59. The van der Waals surface area contributed by atoms with Crippen molar-refractivity contribution in [2.45, 2.75) is 25.4 Å². The quantitative estimate of drug-likeness (QED) is 0.837. The molecule has 1 unspecified atom stereocenters. The maximum absolute atomic E-state index is 12.2. The lowest BCUT2D eigenvalue weighted by Gasteiger charge is -2.30. The Morgan fingerprint density at radius 1 is 1.53 bits per heavy atom. The van der Waals surface area contributed by atoms with Gasteiger partial charge in [0.05, 0.1) is 6.04 Å². The van der Waals surface area contributed by atoms with Gasteiger partial charge in [0, 0.05) is 26.8 Å². The fraction of sp³-hybridized carbons (Fsp3) is 0.500. The molecule has 0 aromatic heterocycles. The summed E-state index contributed by atoms with van der Waals surface area (Å²) in [5, 5.41) is 9.49. The number of fused-ring (bicyclic) bond motifs is 1. The van der Waals surface area contributed by atoms with Gasteiger partial charge in [-0.1, -0.05) is 6.07 Å². The van der Waals surface area contributed by atoms with E-state index in [1.54, 1.807) is 24.1 Å². The molecule has 1 aromatic rings. The molecule has 0 bridgehead atoms. The number of phenolic OH excluding ortho intramolecular Hbond substituents is 1. The number of carbonyl (C=O) groups is 1. The maximum atomic E-state index is 12.2. The average molecular weight is 264 g/mol. The van der Waals surface area contributed by atoms with E-state index in [-0.39, 0.29) is 11.7 Å². The first-order valence-electron chi connectivity index (χ1n) is 6.46. The molecule has 1 heterocycles. The van der Waals surface area contributed by atoms with E-state index >= 15 is 0 Å². The maximum Gasteiger partial charge on any atom is 0.239 e. The molecule has 104 valence electrons. The van der Waals surface area contributed by atoms with Crippen LogP contribution < -0.4 is 5.73 Å². The third-order valence-electron chi connectivity index (χ3n) is 3.46. The molecule has 0 radical (unpaired) electrons. The molecule has 1 amide bonds. The molecule has 0 fully saturated rings. The van der Waals surface area contributed by atoms with Gasteiger partial charge >= 0.3 is 0 Å². The number of hydrogen-bond acceptors (Lipinski definition) is 4. The second-order valence-electron chi connectivity index (χ2n) is 4.85. The minimum absolute atomic E-state index is 0.0500. The smallest absolute Gasteiger partial charge is 0.239 e. The third kappa shape index (κ3) is 3.24.